The lowest BCUT2D eigenvalue weighted by atomic mass is 10.1. The fraction of sp³-hybridized carbons (Fsp3) is 0.429. The summed E-state index contributed by atoms with van der Waals surface area (Å²) in [6.07, 6.45) is -0.162. The van der Waals surface area contributed by atoms with Gasteiger partial charge in [-0.3, -0.25) is 10.1 Å². The number of nitro groups is 1. The van der Waals surface area contributed by atoms with E-state index >= 15 is 0 Å². The van der Waals surface area contributed by atoms with Crippen LogP contribution in [0.1, 0.15) is 31.1 Å². The Bertz CT molecular complexity index is 568. The van der Waals surface area contributed by atoms with E-state index in [9.17, 15) is 19.7 Å². The quantitative estimate of drug-likeness (QED) is 0.431. The molecular weight excluding hydrogens is 294 g/mol. The summed E-state index contributed by atoms with van der Waals surface area (Å²) in [5.41, 5.74) is -0.711. The number of hydrogen-bond acceptors (Lipinski definition) is 7. The van der Waals surface area contributed by atoms with Crippen molar-refractivity contribution >= 4 is 17.6 Å². The standard InChI is InChI=1S/C14H17NO7/c1-4-20-13(16)8-21-14(17)11-7-10(22-9(2)3)5-6-12(11)15(18)19/h5-7,9H,4,8H2,1-3H3. The van der Waals surface area contributed by atoms with Gasteiger partial charge >= 0.3 is 11.9 Å². The van der Waals surface area contributed by atoms with Crippen molar-refractivity contribution in [1.29, 1.82) is 0 Å². The predicted octanol–water partition coefficient (Wildman–Crippen LogP) is 2.10. The Labute approximate surface area is 127 Å². The van der Waals surface area contributed by atoms with Gasteiger partial charge < -0.3 is 14.2 Å². The van der Waals surface area contributed by atoms with E-state index in [-0.39, 0.29) is 18.3 Å². The molecule has 0 aliphatic carbocycles. The van der Waals surface area contributed by atoms with Crippen LogP contribution in [-0.2, 0) is 14.3 Å². The molecule has 0 radical (unpaired) electrons. The van der Waals surface area contributed by atoms with E-state index in [1.54, 1.807) is 20.8 Å². The molecule has 22 heavy (non-hydrogen) atoms. The minimum Gasteiger partial charge on any atom is -0.491 e. The molecule has 0 unspecified atom stereocenters. The third-order valence-electron chi connectivity index (χ3n) is 2.38. The molecule has 120 valence electrons. The average molecular weight is 311 g/mol. The highest BCUT2D eigenvalue weighted by Crippen LogP contribution is 2.25. The van der Waals surface area contributed by atoms with E-state index in [0.717, 1.165) is 6.07 Å². The van der Waals surface area contributed by atoms with E-state index < -0.39 is 29.2 Å². The molecule has 0 amide bonds. The molecule has 8 nitrogen and oxygen atoms in total. The van der Waals surface area contributed by atoms with Crippen molar-refractivity contribution in [3.8, 4) is 5.75 Å². The normalized spacial score (nSPS) is 10.2. The number of carbonyl (C=O) groups is 2. The molecule has 8 heteroatoms. The maximum atomic E-state index is 11.9. The third kappa shape index (κ3) is 5.04. The summed E-state index contributed by atoms with van der Waals surface area (Å²) in [6, 6.07) is 3.75. The summed E-state index contributed by atoms with van der Waals surface area (Å²) < 4.78 is 14.7. The lowest BCUT2D eigenvalue weighted by Gasteiger charge is -2.11. The number of benzene rings is 1. The molecule has 0 spiro atoms. The summed E-state index contributed by atoms with van der Waals surface area (Å²) >= 11 is 0. The first-order valence-electron chi connectivity index (χ1n) is 6.63. The Balaban J connectivity index is 2.95. The van der Waals surface area contributed by atoms with Crippen LogP contribution >= 0.6 is 0 Å². The van der Waals surface area contributed by atoms with Crippen molar-refractivity contribution in [1.82, 2.24) is 0 Å². The fourth-order valence-corrected chi connectivity index (χ4v) is 1.59. The average Bonchev–Trinajstić information content (AvgIpc) is 2.44. The first-order chi connectivity index (χ1) is 10.3. The van der Waals surface area contributed by atoms with Crippen molar-refractivity contribution in [2.24, 2.45) is 0 Å². The molecule has 0 N–H and O–H groups in total. The van der Waals surface area contributed by atoms with Crippen molar-refractivity contribution < 1.29 is 28.7 Å². The number of nitro benzene ring substituents is 1. The largest absolute Gasteiger partial charge is 0.491 e. The van der Waals surface area contributed by atoms with E-state index in [1.165, 1.54) is 12.1 Å². The maximum Gasteiger partial charge on any atom is 0.345 e. The zero-order valence-corrected chi connectivity index (χ0v) is 12.5. The zero-order chi connectivity index (χ0) is 16.7. The Hall–Kier alpha value is -2.64. The van der Waals surface area contributed by atoms with Gasteiger partial charge in [-0.1, -0.05) is 0 Å². The number of nitrogens with zero attached hydrogens (tertiary/aromatic N) is 1. The van der Waals surface area contributed by atoms with Crippen LogP contribution in [0.15, 0.2) is 18.2 Å². The van der Waals surface area contributed by atoms with E-state index in [4.69, 9.17) is 9.47 Å². The van der Waals surface area contributed by atoms with Crippen LogP contribution in [-0.4, -0.2) is 36.2 Å². The van der Waals surface area contributed by atoms with Crippen molar-refractivity contribution in [2.45, 2.75) is 26.9 Å². The lowest BCUT2D eigenvalue weighted by molar-refractivity contribution is -0.385. The van der Waals surface area contributed by atoms with Gasteiger partial charge in [0.25, 0.3) is 5.69 Å². The number of hydrogen-bond donors (Lipinski definition) is 0. The molecule has 1 rings (SSSR count). The summed E-state index contributed by atoms with van der Waals surface area (Å²) in [5, 5.41) is 11.0. The molecule has 0 aliphatic heterocycles. The highest BCUT2D eigenvalue weighted by molar-refractivity contribution is 5.95. The van der Waals surface area contributed by atoms with Gasteiger partial charge in [0.05, 0.1) is 17.6 Å². The Morgan fingerprint density at radius 3 is 2.50 bits per heavy atom. The molecule has 1 aromatic rings. The first-order valence-corrected chi connectivity index (χ1v) is 6.63. The first kappa shape index (κ1) is 17.4. The van der Waals surface area contributed by atoms with Gasteiger partial charge in [0.1, 0.15) is 11.3 Å². The summed E-state index contributed by atoms with van der Waals surface area (Å²) in [4.78, 5) is 33.3. The number of rotatable bonds is 7. The lowest BCUT2D eigenvalue weighted by Crippen LogP contribution is -2.17. The minimum atomic E-state index is -0.992. The molecule has 0 aliphatic rings. The molecule has 0 heterocycles. The van der Waals surface area contributed by atoms with Gasteiger partial charge in [0.2, 0.25) is 0 Å². The van der Waals surface area contributed by atoms with Gasteiger partial charge in [0, 0.05) is 12.1 Å². The second-order valence-electron chi connectivity index (χ2n) is 4.48. The molecule has 1 aromatic carbocycles. The van der Waals surface area contributed by atoms with Crippen LogP contribution < -0.4 is 4.74 Å². The summed E-state index contributed by atoms with van der Waals surface area (Å²) in [5.74, 6) is -1.43. The number of esters is 2. The highest BCUT2D eigenvalue weighted by atomic mass is 16.6. The van der Waals surface area contributed by atoms with Crippen LogP contribution in [0, 0.1) is 10.1 Å². The molecule has 0 aromatic heterocycles. The molecule has 0 saturated heterocycles. The minimum absolute atomic E-state index is 0.147. The van der Waals surface area contributed by atoms with Gasteiger partial charge in [-0.25, -0.2) is 9.59 Å². The second kappa shape index (κ2) is 7.96. The van der Waals surface area contributed by atoms with Crippen molar-refractivity contribution in [3.63, 3.8) is 0 Å². The maximum absolute atomic E-state index is 11.9. The monoisotopic (exact) mass is 311 g/mol. The highest BCUT2D eigenvalue weighted by Gasteiger charge is 2.23. The van der Waals surface area contributed by atoms with Gasteiger partial charge in [-0.15, -0.1) is 0 Å². The Morgan fingerprint density at radius 1 is 1.27 bits per heavy atom. The van der Waals surface area contributed by atoms with E-state index in [1.807, 2.05) is 0 Å². The zero-order valence-electron chi connectivity index (χ0n) is 12.5. The van der Waals surface area contributed by atoms with Gasteiger partial charge in [-0.05, 0) is 26.8 Å². The van der Waals surface area contributed by atoms with Crippen LogP contribution in [0.3, 0.4) is 0 Å². The van der Waals surface area contributed by atoms with Crippen LogP contribution in [0.5, 0.6) is 5.75 Å². The third-order valence-corrected chi connectivity index (χ3v) is 2.38. The Morgan fingerprint density at radius 2 is 1.95 bits per heavy atom. The van der Waals surface area contributed by atoms with E-state index in [0.29, 0.717) is 5.75 Å². The summed E-state index contributed by atoms with van der Waals surface area (Å²) in [6.45, 7) is 4.70. The van der Waals surface area contributed by atoms with Crippen LogP contribution in [0.25, 0.3) is 0 Å². The molecule has 0 fully saturated rings. The smallest absolute Gasteiger partial charge is 0.345 e. The van der Waals surface area contributed by atoms with Gasteiger partial charge in [0.15, 0.2) is 6.61 Å². The number of carbonyl (C=O) groups excluding carboxylic acids is 2. The summed E-state index contributed by atoms with van der Waals surface area (Å²) in [7, 11) is 0. The molecular formula is C14H17NO7. The number of ether oxygens (including phenoxy) is 3. The molecule has 0 saturated carbocycles. The second-order valence-corrected chi connectivity index (χ2v) is 4.48. The van der Waals surface area contributed by atoms with Crippen LogP contribution in [0.2, 0.25) is 0 Å². The molecule has 0 atom stereocenters. The molecule has 0 bridgehead atoms. The van der Waals surface area contributed by atoms with Crippen LogP contribution in [0.4, 0.5) is 5.69 Å². The SMILES string of the molecule is CCOC(=O)COC(=O)c1cc(OC(C)C)ccc1[N+](=O)[O-]. The van der Waals surface area contributed by atoms with Gasteiger partial charge in [-0.2, -0.15) is 0 Å². The Kier molecular flexibility index (Phi) is 6.30. The predicted molar refractivity (Wildman–Crippen MR) is 75.8 cm³/mol. The van der Waals surface area contributed by atoms with Crippen molar-refractivity contribution in [3.05, 3.63) is 33.9 Å². The fourth-order valence-electron chi connectivity index (χ4n) is 1.59. The van der Waals surface area contributed by atoms with E-state index in [2.05, 4.69) is 4.74 Å². The van der Waals surface area contributed by atoms with Crippen molar-refractivity contribution in [2.75, 3.05) is 13.2 Å². The topological polar surface area (TPSA) is 105 Å².